The number of benzene rings is 1. The second-order valence-electron chi connectivity index (χ2n) is 10.1. The molecule has 0 saturated heterocycles. The average molecular weight is 492 g/mol. The van der Waals surface area contributed by atoms with E-state index < -0.39 is 0 Å². The van der Waals surface area contributed by atoms with Crippen LogP contribution in [0.25, 0.3) is 0 Å². The Morgan fingerprint density at radius 2 is 1.82 bits per heavy atom. The number of carbonyl (C=O) groups excluding carboxylic acids is 1. The van der Waals surface area contributed by atoms with Crippen LogP contribution in [0.3, 0.4) is 0 Å². The Labute approximate surface area is 208 Å². The molecule has 1 aromatic heterocycles. The number of hydrogen-bond donors (Lipinski definition) is 1. The normalized spacial score (nSPS) is 13.1. The molecule has 2 rings (SSSR count). The number of thioether (sulfide) groups is 1. The summed E-state index contributed by atoms with van der Waals surface area (Å²) < 4.78 is 6.90. The Morgan fingerprint density at radius 3 is 2.45 bits per heavy atom. The van der Waals surface area contributed by atoms with Gasteiger partial charge in [-0.15, -0.1) is 10.2 Å². The van der Waals surface area contributed by atoms with E-state index in [1.54, 1.807) is 11.8 Å². The van der Waals surface area contributed by atoms with Gasteiger partial charge in [-0.2, -0.15) is 0 Å². The number of nitrogens with zero attached hydrogens (tertiary/aromatic N) is 2. The summed E-state index contributed by atoms with van der Waals surface area (Å²) in [4.78, 5) is 12.5. The Kier molecular flexibility index (Phi) is 10.2. The molecule has 7 heteroatoms. The first-order valence-electron chi connectivity index (χ1n) is 12.1. The molecule has 1 amide bonds. The highest BCUT2D eigenvalue weighted by molar-refractivity contribution is 8.01. The Morgan fingerprint density at radius 1 is 1.12 bits per heavy atom. The van der Waals surface area contributed by atoms with Crippen molar-refractivity contribution in [1.29, 1.82) is 0 Å². The molecule has 2 aromatic rings. The predicted octanol–water partition coefficient (Wildman–Crippen LogP) is 7.46. The predicted molar refractivity (Wildman–Crippen MR) is 142 cm³/mol. The fraction of sp³-hybridized carbons (Fsp3) is 0.654. The summed E-state index contributed by atoms with van der Waals surface area (Å²) in [5, 5.41) is 11.7. The second-order valence-corrected chi connectivity index (χ2v) is 12.3. The van der Waals surface area contributed by atoms with Gasteiger partial charge in [0.05, 0.1) is 0 Å². The van der Waals surface area contributed by atoms with Crippen LogP contribution >= 0.6 is 23.1 Å². The van der Waals surface area contributed by atoms with E-state index in [4.69, 9.17) is 4.74 Å². The van der Waals surface area contributed by atoms with Crippen LogP contribution in [-0.2, 0) is 15.6 Å². The maximum Gasteiger partial charge on any atom is 0.264 e. The third-order valence-corrected chi connectivity index (χ3v) is 8.84. The first-order chi connectivity index (χ1) is 15.5. The summed E-state index contributed by atoms with van der Waals surface area (Å²) in [5.41, 5.74) is 2.49. The minimum atomic E-state index is -0.222. The first kappa shape index (κ1) is 27.6. The molecular weight excluding hydrogens is 450 g/mol. The van der Waals surface area contributed by atoms with E-state index in [-0.39, 0.29) is 23.3 Å². The number of nitrogens with one attached hydrogen (secondary N) is 1. The van der Waals surface area contributed by atoms with Crippen LogP contribution in [-0.4, -0.2) is 28.5 Å². The molecule has 184 valence electrons. The summed E-state index contributed by atoms with van der Waals surface area (Å²) in [6.45, 7) is 17.8. The smallest absolute Gasteiger partial charge is 0.264 e. The van der Waals surface area contributed by atoms with Gasteiger partial charge in [-0.3, -0.25) is 10.1 Å². The molecule has 1 atom stereocenters. The lowest BCUT2D eigenvalue weighted by molar-refractivity contribution is -0.118. The molecule has 0 aliphatic heterocycles. The Hall–Kier alpha value is -1.60. The van der Waals surface area contributed by atoms with E-state index in [9.17, 15) is 4.79 Å². The Bertz CT molecular complexity index is 909. The van der Waals surface area contributed by atoms with Gasteiger partial charge in [-0.25, -0.2) is 0 Å². The van der Waals surface area contributed by atoms with Gasteiger partial charge in [0.25, 0.3) is 5.91 Å². The number of hydrogen-bond acceptors (Lipinski definition) is 6. The van der Waals surface area contributed by atoms with Gasteiger partial charge in [-0.05, 0) is 41.2 Å². The van der Waals surface area contributed by atoms with Crippen LogP contribution < -0.4 is 10.1 Å². The van der Waals surface area contributed by atoms with Crippen LogP contribution in [0.1, 0.15) is 92.2 Å². The molecule has 0 fully saturated rings. The largest absolute Gasteiger partial charge is 0.483 e. The fourth-order valence-corrected chi connectivity index (χ4v) is 5.27. The summed E-state index contributed by atoms with van der Waals surface area (Å²) in [6.07, 6.45) is 4.44. The molecule has 0 saturated carbocycles. The number of ether oxygens (including phenoxy) is 1. The number of rotatable bonds is 13. The standard InChI is InChI=1S/C26H41N3O2S2/c1-9-12-18(4)17-32-24-29-28-23(33-24)27-22(30)16-31-21-14-13-19(25(5,6)10-2)15-20(21)26(7,8)11-3/h13-15,18H,9-12,16-17H2,1-8H3,(H,27,28,30). The van der Waals surface area contributed by atoms with Crippen LogP contribution in [0.5, 0.6) is 5.75 Å². The van der Waals surface area contributed by atoms with E-state index >= 15 is 0 Å². The van der Waals surface area contributed by atoms with E-state index in [0.717, 1.165) is 34.2 Å². The lowest BCUT2D eigenvalue weighted by Crippen LogP contribution is -2.24. The van der Waals surface area contributed by atoms with E-state index in [0.29, 0.717) is 11.0 Å². The average Bonchev–Trinajstić information content (AvgIpc) is 3.23. The molecular formula is C26H41N3O2S2. The first-order valence-corrected chi connectivity index (χ1v) is 13.9. The highest BCUT2D eigenvalue weighted by Gasteiger charge is 2.27. The molecule has 33 heavy (non-hydrogen) atoms. The van der Waals surface area contributed by atoms with Crippen molar-refractivity contribution < 1.29 is 9.53 Å². The van der Waals surface area contributed by atoms with Crippen molar-refractivity contribution in [3.05, 3.63) is 29.3 Å². The zero-order valence-electron chi connectivity index (χ0n) is 21.6. The van der Waals surface area contributed by atoms with Gasteiger partial charge >= 0.3 is 0 Å². The third kappa shape index (κ3) is 7.99. The second kappa shape index (κ2) is 12.2. The molecule has 0 radical (unpaired) electrons. The lowest BCUT2D eigenvalue weighted by atomic mass is 9.76. The summed E-state index contributed by atoms with van der Waals surface area (Å²) in [5.74, 6) is 2.21. The molecule has 1 aromatic carbocycles. The molecule has 1 heterocycles. The van der Waals surface area contributed by atoms with Crippen LogP contribution in [0.2, 0.25) is 0 Å². The quantitative estimate of drug-likeness (QED) is 0.233. The number of amides is 1. The van der Waals surface area contributed by atoms with E-state index in [2.05, 4.69) is 83.0 Å². The highest BCUT2D eigenvalue weighted by atomic mass is 32.2. The van der Waals surface area contributed by atoms with Crippen LogP contribution in [0, 0.1) is 5.92 Å². The molecule has 0 aliphatic rings. The van der Waals surface area contributed by atoms with Gasteiger partial charge in [0.2, 0.25) is 5.13 Å². The third-order valence-electron chi connectivity index (χ3n) is 6.54. The van der Waals surface area contributed by atoms with Crippen molar-refractivity contribution in [3.8, 4) is 5.75 Å². The van der Waals surface area contributed by atoms with Gasteiger partial charge < -0.3 is 4.74 Å². The molecule has 1 unspecified atom stereocenters. The van der Waals surface area contributed by atoms with Crippen molar-refractivity contribution in [1.82, 2.24) is 10.2 Å². The zero-order chi connectivity index (χ0) is 24.6. The SMILES string of the molecule is CCCC(C)CSc1nnc(NC(=O)COc2ccc(C(C)(C)CC)cc2C(C)(C)CC)s1. The molecule has 0 spiro atoms. The summed E-state index contributed by atoms with van der Waals surface area (Å²) >= 11 is 3.12. The fourth-order valence-electron chi connectivity index (χ4n) is 3.41. The minimum absolute atomic E-state index is 0.0497. The van der Waals surface area contributed by atoms with Gasteiger partial charge in [0, 0.05) is 11.3 Å². The van der Waals surface area contributed by atoms with Crippen molar-refractivity contribution in [3.63, 3.8) is 0 Å². The number of carbonyl (C=O) groups is 1. The van der Waals surface area contributed by atoms with Crippen molar-refractivity contribution >= 4 is 34.1 Å². The van der Waals surface area contributed by atoms with Crippen molar-refractivity contribution in [2.45, 2.75) is 96.2 Å². The van der Waals surface area contributed by atoms with Crippen molar-refractivity contribution in [2.75, 3.05) is 17.7 Å². The highest BCUT2D eigenvalue weighted by Crippen LogP contribution is 2.38. The van der Waals surface area contributed by atoms with E-state index in [1.807, 2.05) is 6.07 Å². The maximum atomic E-state index is 12.5. The van der Waals surface area contributed by atoms with Crippen molar-refractivity contribution in [2.24, 2.45) is 5.92 Å². The summed E-state index contributed by atoms with van der Waals surface area (Å²) in [6, 6.07) is 6.40. The number of anilines is 1. The van der Waals surface area contributed by atoms with Crippen LogP contribution in [0.15, 0.2) is 22.5 Å². The van der Waals surface area contributed by atoms with Gasteiger partial charge in [-0.1, -0.05) is 103 Å². The van der Waals surface area contributed by atoms with Gasteiger partial charge in [0.15, 0.2) is 10.9 Å². The number of aromatic nitrogens is 2. The Balaban J connectivity index is 2.03. The topological polar surface area (TPSA) is 64.1 Å². The maximum absolute atomic E-state index is 12.5. The molecule has 5 nitrogen and oxygen atoms in total. The molecule has 1 N–H and O–H groups in total. The minimum Gasteiger partial charge on any atom is -0.483 e. The molecule has 0 bridgehead atoms. The lowest BCUT2D eigenvalue weighted by Gasteiger charge is -2.30. The monoisotopic (exact) mass is 491 g/mol. The van der Waals surface area contributed by atoms with E-state index in [1.165, 1.54) is 29.7 Å². The zero-order valence-corrected chi connectivity index (χ0v) is 23.2. The van der Waals surface area contributed by atoms with Crippen LogP contribution in [0.4, 0.5) is 5.13 Å². The van der Waals surface area contributed by atoms with Gasteiger partial charge in [0.1, 0.15) is 5.75 Å². The molecule has 0 aliphatic carbocycles. The summed E-state index contributed by atoms with van der Waals surface area (Å²) in [7, 11) is 0.